The number of anilines is 1. The van der Waals surface area contributed by atoms with Gasteiger partial charge in [0.15, 0.2) is 0 Å². The van der Waals surface area contributed by atoms with Crippen molar-refractivity contribution in [1.29, 1.82) is 5.26 Å². The second-order valence-electron chi connectivity index (χ2n) is 11.5. The molecule has 0 atom stereocenters. The van der Waals surface area contributed by atoms with Gasteiger partial charge in [-0.1, -0.05) is 0 Å². The second kappa shape index (κ2) is 15.3. The fourth-order valence-electron chi connectivity index (χ4n) is 4.19. The van der Waals surface area contributed by atoms with Crippen LogP contribution in [-0.2, 0) is 14.3 Å². The van der Waals surface area contributed by atoms with E-state index in [1.165, 1.54) is 0 Å². The van der Waals surface area contributed by atoms with Gasteiger partial charge in [-0.3, -0.25) is 21.6 Å². The van der Waals surface area contributed by atoms with E-state index in [0.29, 0.717) is 50.8 Å². The van der Waals surface area contributed by atoms with Crippen LogP contribution in [0, 0.1) is 17.2 Å². The first-order valence-electron chi connectivity index (χ1n) is 13.2. The molecule has 0 saturated carbocycles. The van der Waals surface area contributed by atoms with Crippen molar-refractivity contribution in [2.45, 2.75) is 90.8 Å². The number of carbonyl (C=O) groups is 3. The van der Waals surface area contributed by atoms with E-state index in [-0.39, 0.29) is 30.3 Å². The highest BCUT2D eigenvalue weighted by atomic mass is 16.6. The number of piperidine rings is 2. The van der Waals surface area contributed by atoms with Crippen molar-refractivity contribution in [1.82, 2.24) is 20.0 Å². The summed E-state index contributed by atoms with van der Waals surface area (Å²) in [4.78, 5) is 38.6. The smallest absolute Gasteiger partial charge is 0.410 e. The quantitative estimate of drug-likeness (QED) is 0.319. The molecule has 0 aliphatic carbocycles. The number of Topliss-reactive ketones (excluding diaryl/α,β-unsaturated/α-hetero) is 1. The lowest BCUT2D eigenvalue weighted by Crippen LogP contribution is -2.42. The summed E-state index contributed by atoms with van der Waals surface area (Å²) >= 11 is 0. The Morgan fingerprint density at radius 3 is 1.74 bits per heavy atom. The standard InChI is InChI=1S/C13H22N4O2.C13H20N2O3.H4N2/c1-13(2,3)19-12(18)17-6-4-9(5-7-17)10-8-11(14)16-15-10;1-13(2,3)18-12(17)15-8-5-10(6-9-15)11(16)4-7-14;1-2/h8-9H,4-7H2,1-3H3,(H3,14,15,16);10H,4-6,8-9H2,1-3H3;1-2H2. The number of likely N-dealkylation sites (tertiary alicyclic amines) is 2. The number of nitriles is 1. The predicted molar refractivity (Wildman–Crippen MR) is 147 cm³/mol. The molecule has 3 rings (SSSR count). The number of hydrazine groups is 1. The van der Waals surface area contributed by atoms with E-state index in [9.17, 15) is 14.4 Å². The summed E-state index contributed by atoms with van der Waals surface area (Å²) in [5, 5.41) is 15.4. The number of rotatable bonds is 3. The number of nitrogen functional groups attached to an aromatic ring is 1. The number of carbonyl (C=O) groups excluding carboxylic acids is 3. The van der Waals surface area contributed by atoms with Crippen molar-refractivity contribution in [3.8, 4) is 6.07 Å². The van der Waals surface area contributed by atoms with Crippen molar-refractivity contribution >= 4 is 23.8 Å². The van der Waals surface area contributed by atoms with E-state index in [4.69, 9.17) is 20.5 Å². The Bertz CT molecular complexity index is 960. The van der Waals surface area contributed by atoms with Crippen LogP contribution in [0.5, 0.6) is 0 Å². The van der Waals surface area contributed by atoms with Crippen molar-refractivity contribution in [2.24, 2.45) is 17.6 Å². The molecule has 0 bridgehead atoms. The van der Waals surface area contributed by atoms with Gasteiger partial charge in [0, 0.05) is 49.8 Å². The zero-order valence-corrected chi connectivity index (χ0v) is 24.2. The topological polar surface area (TPSA) is 207 Å². The largest absolute Gasteiger partial charge is 0.444 e. The number of hydrogen-bond donors (Lipinski definition) is 4. The Morgan fingerprint density at radius 2 is 1.38 bits per heavy atom. The lowest BCUT2D eigenvalue weighted by Gasteiger charge is -2.33. The van der Waals surface area contributed by atoms with E-state index >= 15 is 0 Å². The van der Waals surface area contributed by atoms with Gasteiger partial charge in [0.2, 0.25) is 0 Å². The molecule has 7 N–H and O–H groups in total. The van der Waals surface area contributed by atoms with Gasteiger partial charge in [-0.15, -0.1) is 0 Å². The van der Waals surface area contributed by atoms with Crippen LogP contribution in [-0.4, -0.2) is 75.3 Å². The molecule has 1 aromatic rings. The summed E-state index contributed by atoms with van der Waals surface area (Å²) in [7, 11) is 0. The molecule has 2 saturated heterocycles. The van der Waals surface area contributed by atoms with E-state index in [1.807, 2.05) is 53.7 Å². The first-order valence-corrected chi connectivity index (χ1v) is 13.2. The molecule has 0 radical (unpaired) electrons. The minimum Gasteiger partial charge on any atom is -0.444 e. The highest BCUT2D eigenvalue weighted by Gasteiger charge is 2.30. The van der Waals surface area contributed by atoms with Gasteiger partial charge in [0.25, 0.3) is 0 Å². The summed E-state index contributed by atoms with van der Waals surface area (Å²) in [6.07, 6.45) is 2.47. The number of nitrogens with two attached hydrogens (primary N) is 3. The number of ether oxygens (including phenoxy) is 2. The second-order valence-corrected chi connectivity index (χ2v) is 11.5. The van der Waals surface area contributed by atoms with Crippen LogP contribution < -0.4 is 17.4 Å². The van der Waals surface area contributed by atoms with Crippen LogP contribution in [0.1, 0.15) is 85.3 Å². The van der Waals surface area contributed by atoms with Crippen LogP contribution >= 0.6 is 0 Å². The molecular formula is C26H46N8O5. The van der Waals surface area contributed by atoms with E-state index in [0.717, 1.165) is 18.5 Å². The molecule has 13 heteroatoms. The lowest BCUT2D eigenvalue weighted by molar-refractivity contribution is -0.123. The summed E-state index contributed by atoms with van der Waals surface area (Å²) in [6, 6.07) is 3.74. The van der Waals surface area contributed by atoms with Gasteiger partial charge >= 0.3 is 12.2 Å². The number of nitrogens with zero attached hydrogens (tertiary/aromatic N) is 4. The van der Waals surface area contributed by atoms with E-state index in [1.54, 1.807) is 9.80 Å². The molecule has 0 unspecified atom stereocenters. The Hall–Kier alpha value is -3.37. The lowest BCUT2D eigenvalue weighted by atomic mass is 9.91. The average Bonchev–Trinajstić information content (AvgIpc) is 3.30. The zero-order chi connectivity index (χ0) is 29.8. The third-order valence-electron chi connectivity index (χ3n) is 6.06. The molecule has 0 spiro atoms. The summed E-state index contributed by atoms with van der Waals surface area (Å²) in [5.74, 6) is 8.82. The predicted octanol–water partition coefficient (Wildman–Crippen LogP) is 3.04. The number of nitrogens with one attached hydrogen (secondary N) is 1. The maximum atomic E-state index is 11.9. The van der Waals surface area contributed by atoms with E-state index in [2.05, 4.69) is 21.9 Å². The minimum atomic E-state index is -0.495. The Kier molecular flexibility index (Phi) is 13.2. The van der Waals surface area contributed by atoms with Crippen LogP contribution in [0.4, 0.5) is 15.4 Å². The number of amides is 2. The first-order chi connectivity index (χ1) is 18.2. The van der Waals surface area contributed by atoms with Crippen LogP contribution in [0.3, 0.4) is 0 Å². The fourth-order valence-corrected chi connectivity index (χ4v) is 4.19. The number of hydrogen-bond acceptors (Lipinski definition) is 10. The Balaban J connectivity index is 0.000000367. The molecule has 2 amide bonds. The normalized spacial score (nSPS) is 16.6. The molecule has 3 heterocycles. The highest BCUT2D eigenvalue weighted by Crippen LogP contribution is 2.28. The molecule has 2 fully saturated rings. The monoisotopic (exact) mass is 550 g/mol. The van der Waals surface area contributed by atoms with Gasteiger partial charge < -0.3 is 25.0 Å². The van der Waals surface area contributed by atoms with E-state index < -0.39 is 11.2 Å². The van der Waals surface area contributed by atoms with Crippen molar-refractivity contribution in [3.05, 3.63) is 11.8 Å². The summed E-state index contributed by atoms with van der Waals surface area (Å²) in [6.45, 7) is 13.6. The third-order valence-corrected chi connectivity index (χ3v) is 6.06. The van der Waals surface area contributed by atoms with Crippen molar-refractivity contribution in [2.75, 3.05) is 31.9 Å². The van der Waals surface area contributed by atoms with Crippen LogP contribution in [0.2, 0.25) is 0 Å². The fraction of sp³-hybridized carbons (Fsp3) is 0.731. The highest BCUT2D eigenvalue weighted by molar-refractivity contribution is 5.83. The first kappa shape index (κ1) is 33.7. The molecular weight excluding hydrogens is 504 g/mol. The van der Waals surface area contributed by atoms with Crippen molar-refractivity contribution < 1.29 is 23.9 Å². The zero-order valence-electron chi connectivity index (χ0n) is 24.2. The maximum absolute atomic E-state index is 11.9. The third kappa shape index (κ3) is 12.4. The molecule has 0 aromatic carbocycles. The summed E-state index contributed by atoms with van der Waals surface area (Å²) < 4.78 is 10.6. The van der Waals surface area contributed by atoms with Crippen molar-refractivity contribution in [3.63, 3.8) is 0 Å². The minimum absolute atomic E-state index is 0.0126. The van der Waals surface area contributed by atoms with Gasteiger partial charge in [0.1, 0.15) is 22.8 Å². The number of aromatic amines is 1. The average molecular weight is 551 g/mol. The van der Waals surface area contributed by atoms with Gasteiger partial charge in [-0.25, -0.2) is 9.59 Å². The molecule has 1 aromatic heterocycles. The van der Waals surface area contributed by atoms with Gasteiger partial charge in [-0.2, -0.15) is 10.4 Å². The molecule has 2 aliphatic rings. The maximum Gasteiger partial charge on any atom is 0.410 e. The van der Waals surface area contributed by atoms with Crippen LogP contribution in [0.25, 0.3) is 0 Å². The molecule has 2 aliphatic heterocycles. The Labute approximate surface area is 231 Å². The Morgan fingerprint density at radius 1 is 0.949 bits per heavy atom. The van der Waals surface area contributed by atoms with Gasteiger partial charge in [-0.05, 0) is 67.2 Å². The van der Waals surface area contributed by atoms with Crippen LogP contribution in [0.15, 0.2) is 6.07 Å². The molecule has 13 nitrogen and oxygen atoms in total. The number of aromatic nitrogens is 2. The number of ketones is 1. The van der Waals surface area contributed by atoms with Gasteiger partial charge in [0.05, 0.1) is 12.5 Å². The SMILES string of the molecule is CC(C)(C)OC(=O)N1CCC(C(=O)CC#N)CC1.CC(C)(C)OC(=O)N1CCC(c2cc(N)n[nH]2)CC1.NN. The molecule has 39 heavy (non-hydrogen) atoms. The molecule has 220 valence electrons. The summed E-state index contributed by atoms with van der Waals surface area (Å²) in [5.41, 5.74) is 5.73. The number of H-pyrrole nitrogens is 1.